The number of rotatable bonds is 5. The summed E-state index contributed by atoms with van der Waals surface area (Å²) in [7, 11) is 0. The van der Waals surface area contributed by atoms with E-state index in [1.807, 2.05) is 0 Å². The fourth-order valence-corrected chi connectivity index (χ4v) is 2.01. The number of halogens is 3. The molecule has 1 saturated carbocycles. The molecule has 1 aliphatic rings. The second-order valence-electron chi connectivity index (χ2n) is 4.68. The van der Waals surface area contributed by atoms with Crippen molar-refractivity contribution in [1.29, 1.82) is 5.41 Å². The van der Waals surface area contributed by atoms with Crippen molar-refractivity contribution in [2.75, 3.05) is 6.54 Å². The molecule has 1 aromatic heterocycles. The molecule has 0 bridgehead atoms. The van der Waals surface area contributed by atoms with Crippen molar-refractivity contribution in [3.8, 4) is 0 Å². The van der Waals surface area contributed by atoms with E-state index in [-0.39, 0.29) is 24.1 Å². The first kappa shape index (κ1) is 13.8. The number of nitrogens with zero attached hydrogens (tertiary/aromatic N) is 2. The molecule has 104 valence electrons. The fourth-order valence-electron chi connectivity index (χ4n) is 2.01. The van der Waals surface area contributed by atoms with Crippen LogP contribution in [-0.2, 0) is 6.54 Å². The monoisotopic (exact) mass is 272 g/mol. The second-order valence-corrected chi connectivity index (χ2v) is 4.68. The number of amidine groups is 1. The van der Waals surface area contributed by atoms with Gasteiger partial charge in [0.2, 0.25) is 0 Å². The van der Waals surface area contributed by atoms with Gasteiger partial charge in [0.05, 0.1) is 6.54 Å². The number of hydrogen-bond acceptors (Lipinski definition) is 3. The summed E-state index contributed by atoms with van der Waals surface area (Å²) in [6.45, 7) is -0.823. The lowest BCUT2D eigenvalue weighted by Gasteiger charge is -2.24. The molecule has 0 aliphatic heterocycles. The van der Waals surface area contributed by atoms with E-state index in [1.54, 1.807) is 12.1 Å². The molecule has 19 heavy (non-hydrogen) atoms. The van der Waals surface area contributed by atoms with Gasteiger partial charge < -0.3 is 5.73 Å². The minimum absolute atomic E-state index is 0.0263. The van der Waals surface area contributed by atoms with E-state index < -0.39 is 12.7 Å². The van der Waals surface area contributed by atoms with Crippen LogP contribution in [0.1, 0.15) is 24.1 Å². The van der Waals surface area contributed by atoms with Gasteiger partial charge in [-0.1, -0.05) is 6.07 Å². The van der Waals surface area contributed by atoms with E-state index in [0.717, 1.165) is 12.8 Å². The first-order chi connectivity index (χ1) is 8.87. The van der Waals surface area contributed by atoms with Gasteiger partial charge >= 0.3 is 6.18 Å². The van der Waals surface area contributed by atoms with E-state index in [1.165, 1.54) is 11.1 Å². The summed E-state index contributed by atoms with van der Waals surface area (Å²) in [4.78, 5) is 5.33. The van der Waals surface area contributed by atoms with Gasteiger partial charge in [-0.2, -0.15) is 13.2 Å². The van der Waals surface area contributed by atoms with E-state index in [2.05, 4.69) is 4.98 Å². The van der Waals surface area contributed by atoms with Crippen molar-refractivity contribution in [1.82, 2.24) is 9.88 Å². The normalized spacial score (nSPS) is 15.8. The maximum absolute atomic E-state index is 12.5. The van der Waals surface area contributed by atoms with E-state index in [0.29, 0.717) is 5.56 Å². The van der Waals surface area contributed by atoms with Crippen molar-refractivity contribution in [2.24, 2.45) is 5.73 Å². The van der Waals surface area contributed by atoms with Crippen molar-refractivity contribution in [3.05, 3.63) is 29.6 Å². The van der Waals surface area contributed by atoms with Crippen LogP contribution in [0.15, 0.2) is 18.3 Å². The molecule has 7 heteroatoms. The summed E-state index contributed by atoms with van der Waals surface area (Å²) in [5, 5.41) is 7.40. The second kappa shape index (κ2) is 5.16. The topological polar surface area (TPSA) is 66.0 Å². The maximum Gasteiger partial charge on any atom is 0.401 e. The fraction of sp³-hybridized carbons (Fsp3) is 0.500. The molecule has 0 saturated heterocycles. The Bertz CT molecular complexity index is 468. The van der Waals surface area contributed by atoms with Gasteiger partial charge in [0.25, 0.3) is 0 Å². The Morgan fingerprint density at radius 2 is 2.16 bits per heavy atom. The number of nitrogens with one attached hydrogen (secondary N) is 1. The first-order valence-corrected chi connectivity index (χ1v) is 5.96. The number of hydrogen-bond donors (Lipinski definition) is 2. The average Bonchev–Trinajstić information content (AvgIpc) is 3.10. The predicted octanol–water partition coefficient (Wildman–Crippen LogP) is 1.89. The number of pyridine rings is 1. The molecule has 2 rings (SSSR count). The molecule has 0 unspecified atom stereocenters. The van der Waals surface area contributed by atoms with Gasteiger partial charge in [-0.15, -0.1) is 0 Å². The summed E-state index contributed by atoms with van der Waals surface area (Å²) in [6.07, 6.45) is -1.18. The van der Waals surface area contributed by atoms with Crippen LogP contribution in [0.3, 0.4) is 0 Å². The molecule has 0 amide bonds. The molecule has 1 aliphatic carbocycles. The minimum Gasteiger partial charge on any atom is -0.382 e. The zero-order chi connectivity index (χ0) is 14.0. The van der Waals surface area contributed by atoms with Crippen LogP contribution in [0.25, 0.3) is 0 Å². The van der Waals surface area contributed by atoms with Crippen LogP contribution in [-0.4, -0.2) is 34.5 Å². The van der Waals surface area contributed by atoms with Crippen LogP contribution in [0, 0.1) is 5.41 Å². The largest absolute Gasteiger partial charge is 0.401 e. The molecule has 0 atom stereocenters. The molecule has 0 spiro atoms. The highest BCUT2D eigenvalue weighted by atomic mass is 19.4. The molecule has 0 aromatic carbocycles. The van der Waals surface area contributed by atoms with Crippen molar-refractivity contribution >= 4 is 5.84 Å². The van der Waals surface area contributed by atoms with Crippen molar-refractivity contribution in [3.63, 3.8) is 0 Å². The number of alkyl halides is 3. The summed E-state index contributed by atoms with van der Waals surface area (Å²) in [6, 6.07) is 3.28. The van der Waals surface area contributed by atoms with Crippen LogP contribution < -0.4 is 5.73 Å². The third-order valence-corrected chi connectivity index (χ3v) is 2.97. The molecular weight excluding hydrogens is 257 g/mol. The lowest BCUT2D eigenvalue weighted by molar-refractivity contribution is -0.148. The van der Waals surface area contributed by atoms with Crippen molar-refractivity contribution in [2.45, 2.75) is 31.6 Å². The van der Waals surface area contributed by atoms with E-state index in [4.69, 9.17) is 11.1 Å². The highest BCUT2D eigenvalue weighted by Gasteiger charge is 2.38. The van der Waals surface area contributed by atoms with Gasteiger partial charge in [0.15, 0.2) is 0 Å². The lowest BCUT2D eigenvalue weighted by Crippen LogP contribution is -2.36. The molecule has 1 fully saturated rings. The van der Waals surface area contributed by atoms with Crippen LogP contribution in [0.5, 0.6) is 0 Å². The molecular formula is C12H15F3N4. The average molecular weight is 272 g/mol. The highest BCUT2D eigenvalue weighted by molar-refractivity contribution is 5.94. The Kier molecular flexibility index (Phi) is 3.75. The zero-order valence-corrected chi connectivity index (χ0v) is 10.2. The SMILES string of the molecule is N=C(N)c1ncccc1CN(CC(F)(F)F)C1CC1. The van der Waals surface area contributed by atoms with Gasteiger partial charge in [-0.25, -0.2) is 0 Å². The zero-order valence-electron chi connectivity index (χ0n) is 10.2. The number of nitrogens with two attached hydrogens (primary N) is 1. The Labute approximate surface area is 108 Å². The smallest absolute Gasteiger partial charge is 0.382 e. The van der Waals surface area contributed by atoms with Gasteiger partial charge in [-0.3, -0.25) is 15.3 Å². The lowest BCUT2D eigenvalue weighted by atomic mass is 10.1. The Morgan fingerprint density at radius 3 is 2.68 bits per heavy atom. The van der Waals surface area contributed by atoms with Crippen LogP contribution in [0.2, 0.25) is 0 Å². The van der Waals surface area contributed by atoms with Gasteiger partial charge in [0, 0.05) is 18.8 Å². The predicted molar refractivity (Wildman–Crippen MR) is 64.7 cm³/mol. The third kappa shape index (κ3) is 3.92. The Morgan fingerprint density at radius 1 is 1.47 bits per heavy atom. The van der Waals surface area contributed by atoms with E-state index >= 15 is 0 Å². The van der Waals surface area contributed by atoms with E-state index in [9.17, 15) is 13.2 Å². The Balaban J connectivity index is 2.15. The van der Waals surface area contributed by atoms with Gasteiger partial charge in [-0.05, 0) is 24.5 Å². The summed E-state index contributed by atoms with van der Waals surface area (Å²) >= 11 is 0. The Hall–Kier alpha value is -1.63. The molecule has 1 aromatic rings. The highest BCUT2D eigenvalue weighted by Crippen LogP contribution is 2.31. The van der Waals surface area contributed by atoms with Crippen molar-refractivity contribution < 1.29 is 13.2 Å². The quantitative estimate of drug-likeness (QED) is 0.635. The van der Waals surface area contributed by atoms with Crippen LogP contribution >= 0.6 is 0 Å². The summed E-state index contributed by atoms with van der Waals surface area (Å²) < 4.78 is 37.6. The molecule has 4 nitrogen and oxygen atoms in total. The number of aromatic nitrogens is 1. The summed E-state index contributed by atoms with van der Waals surface area (Å²) in [5.74, 6) is -0.224. The number of nitrogen functional groups attached to an aromatic ring is 1. The molecule has 0 radical (unpaired) electrons. The first-order valence-electron chi connectivity index (χ1n) is 5.96. The minimum atomic E-state index is -4.22. The molecule has 3 N–H and O–H groups in total. The molecule has 1 heterocycles. The summed E-state index contributed by atoms with van der Waals surface area (Å²) in [5.41, 5.74) is 6.21. The third-order valence-electron chi connectivity index (χ3n) is 2.97. The standard InChI is InChI=1S/C12H15F3N4/c13-12(14,15)7-19(9-3-4-9)6-8-2-1-5-18-10(8)11(16)17/h1-2,5,9H,3-4,6-7H2,(H3,16,17). The van der Waals surface area contributed by atoms with Crippen LogP contribution in [0.4, 0.5) is 13.2 Å². The maximum atomic E-state index is 12.5. The van der Waals surface area contributed by atoms with Gasteiger partial charge in [0.1, 0.15) is 11.5 Å².